The van der Waals surface area contributed by atoms with Crippen molar-refractivity contribution in [1.82, 2.24) is 4.98 Å². The molecule has 21 heavy (non-hydrogen) atoms. The SMILES string of the molecule is CCNc1cc([N+](=O)[O-])cc(Sc2ccc(Cl)c(Cl)c2)n1. The van der Waals surface area contributed by atoms with E-state index in [1.165, 1.54) is 23.9 Å². The van der Waals surface area contributed by atoms with Gasteiger partial charge in [0, 0.05) is 17.5 Å². The smallest absolute Gasteiger partial charge is 0.275 e. The Hall–Kier alpha value is -1.50. The summed E-state index contributed by atoms with van der Waals surface area (Å²) in [5.74, 6) is 0.467. The van der Waals surface area contributed by atoms with Crippen LogP contribution in [0.4, 0.5) is 11.5 Å². The zero-order chi connectivity index (χ0) is 15.4. The predicted octanol–water partition coefficient (Wildman–Crippen LogP) is 4.88. The van der Waals surface area contributed by atoms with Crippen molar-refractivity contribution in [3.8, 4) is 0 Å². The summed E-state index contributed by atoms with van der Waals surface area (Å²) in [6.45, 7) is 2.53. The van der Waals surface area contributed by atoms with Crippen molar-refractivity contribution < 1.29 is 4.92 Å². The molecule has 110 valence electrons. The lowest BCUT2D eigenvalue weighted by atomic mass is 10.4. The van der Waals surface area contributed by atoms with Gasteiger partial charge < -0.3 is 5.32 Å². The van der Waals surface area contributed by atoms with Crippen LogP contribution in [0.2, 0.25) is 10.0 Å². The van der Waals surface area contributed by atoms with E-state index in [0.29, 0.717) is 27.4 Å². The summed E-state index contributed by atoms with van der Waals surface area (Å²) in [5.41, 5.74) is -0.0106. The molecule has 0 bridgehead atoms. The molecule has 8 heteroatoms. The summed E-state index contributed by atoms with van der Waals surface area (Å²) >= 11 is 13.1. The van der Waals surface area contributed by atoms with Crippen molar-refractivity contribution in [3.05, 3.63) is 50.5 Å². The first-order valence-corrected chi connectivity index (χ1v) is 7.60. The number of pyridine rings is 1. The number of anilines is 1. The third kappa shape index (κ3) is 4.23. The number of rotatable bonds is 5. The number of halogens is 2. The molecule has 0 atom stereocenters. The van der Waals surface area contributed by atoms with Gasteiger partial charge in [-0.1, -0.05) is 35.0 Å². The van der Waals surface area contributed by atoms with Crippen LogP contribution in [0.25, 0.3) is 0 Å². The largest absolute Gasteiger partial charge is 0.370 e. The van der Waals surface area contributed by atoms with Gasteiger partial charge in [0.15, 0.2) is 0 Å². The highest BCUT2D eigenvalue weighted by Crippen LogP contribution is 2.33. The average Bonchev–Trinajstić information content (AvgIpc) is 2.43. The zero-order valence-corrected chi connectivity index (χ0v) is 13.3. The van der Waals surface area contributed by atoms with Crippen LogP contribution in [0, 0.1) is 10.1 Å². The number of nitrogens with one attached hydrogen (secondary N) is 1. The molecule has 0 radical (unpaired) electrons. The van der Waals surface area contributed by atoms with Gasteiger partial charge in [0.25, 0.3) is 5.69 Å². The maximum absolute atomic E-state index is 11.0. The molecule has 1 heterocycles. The van der Waals surface area contributed by atoms with E-state index in [1.54, 1.807) is 18.2 Å². The van der Waals surface area contributed by atoms with E-state index >= 15 is 0 Å². The summed E-state index contributed by atoms with van der Waals surface area (Å²) in [6, 6.07) is 7.99. The van der Waals surface area contributed by atoms with E-state index in [4.69, 9.17) is 23.2 Å². The van der Waals surface area contributed by atoms with Crippen molar-refractivity contribution in [2.75, 3.05) is 11.9 Å². The molecule has 2 rings (SSSR count). The van der Waals surface area contributed by atoms with E-state index in [2.05, 4.69) is 10.3 Å². The van der Waals surface area contributed by atoms with Crippen LogP contribution in [-0.2, 0) is 0 Å². The molecule has 0 saturated carbocycles. The molecule has 0 spiro atoms. The molecule has 0 saturated heterocycles. The van der Waals surface area contributed by atoms with Gasteiger partial charge in [0.05, 0.1) is 21.0 Å². The van der Waals surface area contributed by atoms with Gasteiger partial charge in [-0.05, 0) is 25.1 Å². The maximum Gasteiger partial charge on any atom is 0.275 e. The number of aromatic nitrogens is 1. The molecule has 0 aliphatic rings. The first-order valence-electron chi connectivity index (χ1n) is 6.03. The summed E-state index contributed by atoms with van der Waals surface area (Å²) in [5, 5.41) is 15.3. The molecular formula is C13H11Cl2N3O2S. The first kappa shape index (κ1) is 15.9. The number of hydrogen-bond acceptors (Lipinski definition) is 5. The van der Waals surface area contributed by atoms with Crippen LogP contribution in [0.1, 0.15) is 6.92 Å². The second-order valence-corrected chi connectivity index (χ2v) is 5.92. The van der Waals surface area contributed by atoms with Gasteiger partial charge in [0.1, 0.15) is 10.8 Å². The van der Waals surface area contributed by atoms with E-state index in [9.17, 15) is 10.1 Å². The van der Waals surface area contributed by atoms with Crippen LogP contribution in [0.3, 0.4) is 0 Å². The van der Waals surface area contributed by atoms with Crippen molar-refractivity contribution in [3.63, 3.8) is 0 Å². The Morgan fingerprint density at radius 3 is 2.67 bits per heavy atom. The monoisotopic (exact) mass is 343 g/mol. The molecule has 0 amide bonds. The Labute approximate surface area is 135 Å². The topological polar surface area (TPSA) is 68.1 Å². The van der Waals surface area contributed by atoms with Crippen LogP contribution in [-0.4, -0.2) is 16.5 Å². The second kappa shape index (κ2) is 6.98. The lowest BCUT2D eigenvalue weighted by Crippen LogP contribution is -2.01. The van der Waals surface area contributed by atoms with Gasteiger partial charge in [-0.3, -0.25) is 10.1 Å². The van der Waals surface area contributed by atoms with Gasteiger partial charge in [-0.25, -0.2) is 4.98 Å². The van der Waals surface area contributed by atoms with E-state index in [-0.39, 0.29) is 5.69 Å². The Morgan fingerprint density at radius 2 is 2.05 bits per heavy atom. The fourth-order valence-electron chi connectivity index (χ4n) is 1.58. The molecule has 0 aliphatic carbocycles. The third-order valence-electron chi connectivity index (χ3n) is 2.47. The van der Waals surface area contributed by atoms with Crippen molar-refractivity contribution in [1.29, 1.82) is 0 Å². The van der Waals surface area contributed by atoms with Gasteiger partial charge in [-0.2, -0.15) is 0 Å². The average molecular weight is 344 g/mol. The number of nitrogens with zero attached hydrogens (tertiary/aromatic N) is 2. The Morgan fingerprint density at radius 1 is 1.29 bits per heavy atom. The normalized spacial score (nSPS) is 10.4. The maximum atomic E-state index is 11.0. The molecule has 1 aromatic carbocycles. The zero-order valence-electron chi connectivity index (χ0n) is 11.0. The van der Waals surface area contributed by atoms with Crippen LogP contribution in [0.15, 0.2) is 40.3 Å². The summed E-state index contributed by atoms with van der Waals surface area (Å²) in [7, 11) is 0. The second-order valence-electron chi connectivity index (χ2n) is 4.01. The van der Waals surface area contributed by atoms with Crippen molar-refractivity contribution in [2.24, 2.45) is 0 Å². The Balaban J connectivity index is 2.33. The van der Waals surface area contributed by atoms with Crippen LogP contribution in [0.5, 0.6) is 0 Å². The van der Waals surface area contributed by atoms with Crippen molar-refractivity contribution >= 4 is 46.5 Å². The molecule has 1 aromatic heterocycles. The Bertz CT molecular complexity index is 682. The minimum absolute atomic E-state index is 0.0106. The predicted molar refractivity (Wildman–Crippen MR) is 85.6 cm³/mol. The quantitative estimate of drug-likeness (QED) is 0.618. The number of hydrogen-bond donors (Lipinski definition) is 1. The van der Waals surface area contributed by atoms with Gasteiger partial charge in [0.2, 0.25) is 0 Å². The van der Waals surface area contributed by atoms with Gasteiger partial charge in [-0.15, -0.1) is 0 Å². The van der Waals surface area contributed by atoms with Gasteiger partial charge >= 0.3 is 0 Å². The first-order chi connectivity index (χ1) is 9.99. The van der Waals surface area contributed by atoms with E-state index < -0.39 is 4.92 Å². The highest BCUT2D eigenvalue weighted by atomic mass is 35.5. The number of benzene rings is 1. The summed E-state index contributed by atoms with van der Waals surface area (Å²) in [6.07, 6.45) is 0. The summed E-state index contributed by atoms with van der Waals surface area (Å²) in [4.78, 5) is 15.6. The third-order valence-corrected chi connectivity index (χ3v) is 4.12. The van der Waals surface area contributed by atoms with E-state index in [1.807, 2.05) is 6.92 Å². The molecule has 1 N–H and O–H groups in total. The fourth-order valence-corrected chi connectivity index (χ4v) is 2.82. The minimum Gasteiger partial charge on any atom is -0.370 e. The highest BCUT2D eigenvalue weighted by Gasteiger charge is 2.12. The lowest BCUT2D eigenvalue weighted by Gasteiger charge is -2.06. The molecule has 5 nitrogen and oxygen atoms in total. The molecule has 0 aliphatic heterocycles. The molecule has 0 fully saturated rings. The summed E-state index contributed by atoms with van der Waals surface area (Å²) < 4.78 is 0. The fraction of sp³-hybridized carbons (Fsp3) is 0.154. The van der Waals surface area contributed by atoms with Crippen LogP contribution < -0.4 is 5.32 Å². The standard InChI is InChI=1S/C13H11Cl2N3O2S/c1-2-16-12-5-8(18(19)20)6-13(17-12)21-9-3-4-10(14)11(15)7-9/h3-7H,2H2,1H3,(H,16,17). The number of nitro groups is 1. The Kier molecular flexibility index (Phi) is 5.27. The molecule has 0 unspecified atom stereocenters. The van der Waals surface area contributed by atoms with Crippen LogP contribution >= 0.6 is 35.0 Å². The molecular weight excluding hydrogens is 333 g/mol. The highest BCUT2D eigenvalue weighted by molar-refractivity contribution is 7.99. The lowest BCUT2D eigenvalue weighted by molar-refractivity contribution is -0.385. The van der Waals surface area contributed by atoms with E-state index in [0.717, 1.165) is 4.90 Å². The van der Waals surface area contributed by atoms with Crippen molar-refractivity contribution in [2.45, 2.75) is 16.8 Å². The minimum atomic E-state index is -0.443. The molecule has 2 aromatic rings.